The van der Waals surface area contributed by atoms with Crippen LogP contribution < -0.4 is 14.4 Å². The fraction of sp³-hybridized carbons (Fsp3) is 0.286. The first-order valence-corrected chi connectivity index (χ1v) is 14.3. The van der Waals surface area contributed by atoms with Crippen LogP contribution in [0.2, 0.25) is 0 Å². The SMILES string of the molecule is CC[C@H](C(=O)NC)N(Cc1cccc(OC)c1)C(=O)CN(c1cccc(Br)c1)S(=O)(=O)c1ccc(C)cc1. The molecule has 3 aromatic rings. The molecule has 0 aromatic heterocycles. The second-order valence-electron chi connectivity index (χ2n) is 8.72. The molecule has 3 aromatic carbocycles. The average Bonchev–Trinajstić information content (AvgIpc) is 2.91. The lowest BCUT2D eigenvalue weighted by atomic mass is 10.1. The summed E-state index contributed by atoms with van der Waals surface area (Å²) in [4.78, 5) is 28.2. The maximum absolute atomic E-state index is 13.9. The number of ether oxygens (including phenoxy) is 1. The van der Waals surface area contributed by atoms with E-state index < -0.39 is 28.5 Å². The molecule has 3 rings (SSSR count). The first-order valence-electron chi connectivity index (χ1n) is 12.1. The normalized spacial score (nSPS) is 11.9. The number of carbonyl (C=O) groups excluding carboxylic acids is 2. The van der Waals surface area contributed by atoms with Gasteiger partial charge in [0.05, 0.1) is 17.7 Å². The Hall–Kier alpha value is -3.37. The van der Waals surface area contributed by atoms with E-state index in [1.165, 1.54) is 24.1 Å². The quantitative estimate of drug-likeness (QED) is 0.349. The molecule has 0 bridgehead atoms. The van der Waals surface area contributed by atoms with Crippen LogP contribution >= 0.6 is 15.9 Å². The number of rotatable bonds is 11. The number of hydrogen-bond donors (Lipinski definition) is 1. The van der Waals surface area contributed by atoms with E-state index in [1.807, 2.05) is 13.0 Å². The van der Waals surface area contributed by atoms with Crippen molar-refractivity contribution in [2.24, 2.45) is 0 Å². The van der Waals surface area contributed by atoms with Gasteiger partial charge in [-0.25, -0.2) is 8.42 Å². The Labute approximate surface area is 232 Å². The third-order valence-electron chi connectivity index (χ3n) is 6.10. The number of nitrogens with zero attached hydrogens (tertiary/aromatic N) is 2. The van der Waals surface area contributed by atoms with Crippen LogP contribution in [0.5, 0.6) is 5.75 Å². The van der Waals surface area contributed by atoms with Crippen molar-refractivity contribution in [2.75, 3.05) is 25.0 Å². The van der Waals surface area contributed by atoms with Crippen LogP contribution in [0.15, 0.2) is 82.2 Å². The molecular formula is C28H32BrN3O5S. The van der Waals surface area contributed by atoms with Crippen LogP contribution in [0.4, 0.5) is 5.69 Å². The summed E-state index contributed by atoms with van der Waals surface area (Å²) in [7, 11) is -1.06. The van der Waals surface area contributed by atoms with E-state index >= 15 is 0 Å². The Morgan fingerprint density at radius 3 is 2.32 bits per heavy atom. The summed E-state index contributed by atoms with van der Waals surface area (Å²) in [5.74, 6) is -0.237. The summed E-state index contributed by atoms with van der Waals surface area (Å²) in [5.41, 5.74) is 1.98. The number of amides is 2. The number of sulfonamides is 1. The van der Waals surface area contributed by atoms with Crippen LogP contribution in [0.1, 0.15) is 24.5 Å². The van der Waals surface area contributed by atoms with Gasteiger partial charge in [-0.2, -0.15) is 0 Å². The number of aryl methyl sites for hydroxylation is 1. The second kappa shape index (κ2) is 12.9. The van der Waals surface area contributed by atoms with Gasteiger partial charge in [-0.1, -0.05) is 58.7 Å². The van der Waals surface area contributed by atoms with Crippen molar-refractivity contribution in [1.82, 2.24) is 10.2 Å². The Balaban J connectivity index is 2.06. The highest BCUT2D eigenvalue weighted by Crippen LogP contribution is 2.27. The smallest absolute Gasteiger partial charge is 0.264 e. The summed E-state index contributed by atoms with van der Waals surface area (Å²) in [6.45, 7) is 3.27. The molecule has 0 aliphatic rings. The van der Waals surface area contributed by atoms with E-state index in [-0.39, 0.29) is 17.3 Å². The molecule has 202 valence electrons. The van der Waals surface area contributed by atoms with E-state index in [1.54, 1.807) is 68.6 Å². The molecule has 1 atom stereocenters. The Kier molecular flexibility index (Phi) is 9.93. The first-order chi connectivity index (χ1) is 18.1. The minimum Gasteiger partial charge on any atom is -0.497 e. The van der Waals surface area contributed by atoms with Gasteiger partial charge >= 0.3 is 0 Å². The topological polar surface area (TPSA) is 96.0 Å². The molecule has 0 aliphatic carbocycles. The molecule has 0 unspecified atom stereocenters. The largest absolute Gasteiger partial charge is 0.497 e. The van der Waals surface area contributed by atoms with Crippen molar-refractivity contribution >= 4 is 43.5 Å². The molecule has 38 heavy (non-hydrogen) atoms. The Bertz CT molecular complexity index is 1380. The zero-order valence-electron chi connectivity index (χ0n) is 21.8. The van der Waals surface area contributed by atoms with Gasteiger partial charge < -0.3 is 15.0 Å². The Morgan fingerprint density at radius 2 is 1.71 bits per heavy atom. The van der Waals surface area contributed by atoms with Crippen LogP contribution in [-0.2, 0) is 26.2 Å². The van der Waals surface area contributed by atoms with Gasteiger partial charge in [0.25, 0.3) is 10.0 Å². The monoisotopic (exact) mass is 601 g/mol. The molecule has 0 fully saturated rings. The summed E-state index contributed by atoms with van der Waals surface area (Å²) >= 11 is 3.40. The standard InChI is InChI=1S/C28H32BrN3O5S/c1-5-26(28(34)30-3)31(18-21-8-6-11-24(16-21)37-4)27(33)19-32(23-10-7-9-22(29)17-23)38(35,36)25-14-12-20(2)13-15-25/h6-17,26H,5,18-19H2,1-4H3,(H,30,34)/t26-/m1/s1. The lowest BCUT2D eigenvalue weighted by molar-refractivity contribution is -0.140. The molecule has 0 heterocycles. The van der Waals surface area contributed by atoms with Crippen LogP contribution in [-0.4, -0.2) is 51.9 Å². The van der Waals surface area contributed by atoms with Gasteiger partial charge in [0.2, 0.25) is 11.8 Å². The molecule has 0 saturated heterocycles. The predicted molar refractivity (Wildman–Crippen MR) is 152 cm³/mol. The van der Waals surface area contributed by atoms with Crippen molar-refractivity contribution in [2.45, 2.75) is 37.8 Å². The minimum atomic E-state index is -4.11. The number of nitrogens with one attached hydrogen (secondary N) is 1. The summed E-state index contributed by atoms with van der Waals surface area (Å²) in [6, 6.07) is 19.6. The number of benzene rings is 3. The van der Waals surface area contributed by atoms with Gasteiger partial charge in [-0.05, 0) is 61.4 Å². The number of carbonyl (C=O) groups is 2. The van der Waals surface area contributed by atoms with Crippen LogP contribution in [0, 0.1) is 6.92 Å². The fourth-order valence-electron chi connectivity index (χ4n) is 4.05. The molecule has 2 amide bonds. The van der Waals surface area contributed by atoms with Crippen LogP contribution in [0.25, 0.3) is 0 Å². The number of anilines is 1. The van der Waals surface area contributed by atoms with Gasteiger partial charge in [0, 0.05) is 18.1 Å². The number of methoxy groups -OCH3 is 1. The van der Waals surface area contributed by atoms with Crippen molar-refractivity contribution < 1.29 is 22.7 Å². The summed E-state index contributed by atoms with van der Waals surface area (Å²) < 4.78 is 34.7. The highest BCUT2D eigenvalue weighted by molar-refractivity contribution is 9.10. The second-order valence-corrected chi connectivity index (χ2v) is 11.5. The summed E-state index contributed by atoms with van der Waals surface area (Å²) in [5, 5.41) is 2.62. The maximum atomic E-state index is 13.9. The molecule has 8 nitrogen and oxygen atoms in total. The third-order valence-corrected chi connectivity index (χ3v) is 8.38. The molecular weight excluding hydrogens is 570 g/mol. The minimum absolute atomic E-state index is 0.0635. The van der Waals surface area contributed by atoms with Crippen LogP contribution in [0.3, 0.4) is 0 Å². The highest BCUT2D eigenvalue weighted by atomic mass is 79.9. The van der Waals surface area contributed by atoms with E-state index in [2.05, 4.69) is 21.2 Å². The lowest BCUT2D eigenvalue weighted by Crippen LogP contribution is -2.51. The highest BCUT2D eigenvalue weighted by Gasteiger charge is 2.33. The van der Waals surface area contributed by atoms with Crippen molar-refractivity contribution in [3.05, 3.63) is 88.4 Å². The summed E-state index contributed by atoms with van der Waals surface area (Å²) in [6.07, 6.45) is 0.344. The molecule has 0 aliphatic heterocycles. The zero-order valence-corrected chi connectivity index (χ0v) is 24.3. The zero-order chi connectivity index (χ0) is 27.9. The molecule has 10 heteroatoms. The van der Waals surface area contributed by atoms with E-state index in [4.69, 9.17) is 4.74 Å². The van der Waals surface area contributed by atoms with Crippen molar-refractivity contribution in [3.63, 3.8) is 0 Å². The Morgan fingerprint density at radius 1 is 1.03 bits per heavy atom. The third kappa shape index (κ3) is 6.93. The van der Waals surface area contributed by atoms with Gasteiger partial charge in [-0.15, -0.1) is 0 Å². The predicted octanol–water partition coefficient (Wildman–Crippen LogP) is 4.51. The van der Waals surface area contributed by atoms with Crippen molar-refractivity contribution in [3.8, 4) is 5.75 Å². The van der Waals surface area contributed by atoms with E-state index in [0.717, 1.165) is 15.4 Å². The van der Waals surface area contributed by atoms with Gasteiger partial charge in [0.1, 0.15) is 18.3 Å². The number of hydrogen-bond acceptors (Lipinski definition) is 5. The lowest BCUT2D eigenvalue weighted by Gasteiger charge is -2.33. The van der Waals surface area contributed by atoms with E-state index in [0.29, 0.717) is 22.3 Å². The van der Waals surface area contributed by atoms with Gasteiger partial charge in [-0.3, -0.25) is 13.9 Å². The van der Waals surface area contributed by atoms with Crippen molar-refractivity contribution in [1.29, 1.82) is 0 Å². The fourth-order valence-corrected chi connectivity index (χ4v) is 5.84. The van der Waals surface area contributed by atoms with E-state index in [9.17, 15) is 18.0 Å². The molecule has 0 saturated carbocycles. The average molecular weight is 603 g/mol. The van der Waals surface area contributed by atoms with Gasteiger partial charge in [0.15, 0.2) is 0 Å². The molecule has 0 spiro atoms. The maximum Gasteiger partial charge on any atom is 0.264 e. The number of likely N-dealkylation sites (N-methyl/N-ethyl adjacent to an activating group) is 1. The molecule has 1 N–H and O–H groups in total. The number of halogens is 1. The molecule has 0 radical (unpaired) electrons. The first kappa shape index (κ1) is 29.2.